The van der Waals surface area contributed by atoms with Crippen LogP contribution in [0.4, 0.5) is 0 Å². The molecule has 0 aliphatic carbocycles. The first-order chi connectivity index (χ1) is 12.6. The first-order valence-corrected chi connectivity index (χ1v) is 9.27. The zero-order chi connectivity index (χ0) is 18.5. The highest BCUT2D eigenvalue weighted by molar-refractivity contribution is 5.91. The highest BCUT2D eigenvalue weighted by atomic mass is 16.5. The summed E-state index contributed by atoms with van der Waals surface area (Å²) in [6, 6.07) is 13.0. The van der Waals surface area contributed by atoms with Gasteiger partial charge in [-0.1, -0.05) is 30.3 Å². The van der Waals surface area contributed by atoms with Gasteiger partial charge in [0.1, 0.15) is 5.75 Å². The first kappa shape index (κ1) is 18.7. The Hall–Kier alpha value is -2.11. The molecule has 0 saturated carbocycles. The van der Waals surface area contributed by atoms with Crippen LogP contribution in [0.2, 0.25) is 0 Å². The van der Waals surface area contributed by atoms with E-state index in [4.69, 9.17) is 9.84 Å². The van der Waals surface area contributed by atoms with Gasteiger partial charge >= 0.3 is 5.97 Å². The predicted molar refractivity (Wildman–Crippen MR) is 104 cm³/mol. The highest BCUT2D eigenvalue weighted by Gasteiger charge is 2.22. The molecule has 1 saturated heterocycles. The fourth-order valence-corrected chi connectivity index (χ4v) is 3.97. The topological polar surface area (TPSA) is 53.0 Å². The Labute approximate surface area is 155 Å². The second kappa shape index (κ2) is 8.52. The van der Waals surface area contributed by atoms with Crippen molar-refractivity contribution in [2.24, 2.45) is 0 Å². The quantitative estimate of drug-likeness (QED) is 0.861. The second-order valence-electron chi connectivity index (χ2n) is 7.14. The third-order valence-electron chi connectivity index (χ3n) is 5.39. The van der Waals surface area contributed by atoms with E-state index in [1.54, 1.807) is 7.11 Å². The standard InChI is InChI=1S/C21H28N2O3/c1-22(15-21(24)25)17-6-5-12-23(13-11-17)14-16-9-10-20(26-2)19-8-4-3-7-18(16)19/h3-4,7-10,17H,5-6,11-15H2,1-2H3,(H,24,25). The molecular weight excluding hydrogens is 328 g/mol. The first-order valence-electron chi connectivity index (χ1n) is 9.27. The van der Waals surface area contributed by atoms with Crippen molar-refractivity contribution >= 4 is 16.7 Å². The molecule has 0 amide bonds. The zero-order valence-corrected chi connectivity index (χ0v) is 15.6. The van der Waals surface area contributed by atoms with Crippen LogP contribution in [0.5, 0.6) is 5.75 Å². The number of carboxylic acids is 1. The molecular formula is C21H28N2O3. The number of carboxylic acid groups (broad SMARTS) is 1. The molecule has 2 aromatic rings. The van der Waals surface area contributed by atoms with Crippen LogP contribution in [0.1, 0.15) is 24.8 Å². The van der Waals surface area contributed by atoms with E-state index in [0.29, 0.717) is 6.04 Å². The number of fused-ring (bicyclic) bond motifs is 1. The Morgan fingerprint density at radius 3 is 2.69 bits per heavy atom. The van der Waals surface area contributed by atoms with Gasteiger partial charge in [-0.25, -0.2) is 0 Å². The van der Waals surface area contributed by atoms with E-state index >= 15 is 0 Å². The third-order valence-corrected chi connectivity index (χ3v) is 5.39. The van der Waals surface area contributed by atoms with Gasteiger partial charge in [0.25, 0.3) is 0 Å². The van der Waals surface area contributed by atoms with Gasteiger partial charge in [-0.3, -0.25) is 14.6 Å². The van der Waals surface area contributed by atoms with Crippen LogP contribution in [-0.4, -0.2) is 60.7 Å². The molecule has 1 heterocycles. The fourth-order valence-electron chi connectivity index (χ4n) is 3.97. The number of hydrogen-bond donors (Lipinski definition) is 1. The molecule has 140 valence electrons. The average molecular weight is 356 g/mol. The maximum atomic E-state index is 11.0. The van der Waals surface area contributed by atoms with Gasteiger partial charge in [-0.05, 0) is 56.4 Å². The van der Waals surface area contributed by atoms with Gasteiger partial charge in [-0.2, -0.15) is 0 Å². The maximum absolute atomic E-state index is 11.0. The van der Waals surface area contributed by atoms with Crippen LogP contribution < -0.4 is 4.74 Å². The van der Waals surface area contributed by atoms with Gasteiger partial charge in [0, 0.05) is 18.0 Å². The van der Waals surface area contributed by atoms with Crippen LogP contribution in [0.3, 0.4) is 0 Å². The van der Waals surface area contributed by atoms with Crippen molar-refractivity contribution in [3.8, 4) is 5.75 Å². The Kier molecular flexibility index (Phi) is 6.12. The maximum Gasteiger partial charge on any atom is 0.317 e. The molecule has 2 aromatic carbocycles. The van der Waals surface area contributed by atoms with Crippen LogP contribution in [-0.2, 0) is 11.3 Å². The van der Waals surface area contributed by atoms with Crippen molar-refractivity contribution < 1.29 is 14.6 Å². The normalized spacial score (nSPS) is 18.8. The number of benzene rings is 2. The van der Waals surface area contributed by atoms with E-state index in [9.17, 15) is 4.79 Å². The Bertz CT molecular complexity index is 762. The molecule has 0 spiro atoms. The summed E-state index contributed by atoms with van der Waals surface area (Å²) in [5.74, 6) is 0.161. The summed E-state index contributed by atoms with van der Waals surface area (Å²) < 4.78 is 5.50. The second-order valence-corrected chi connectivity index (χ2v) is 7.14. The van der Waals surface area contributed by atoms with Gasteiger partial charge in [0.2, 0.25) is 0 Å². The summed E-state index contributed by atoms with van der Waals surface area (Å²) in [7, 11) is 3.63. The van der Waals surface area contributed by atoms with Crippen LogP contribution in [0.15, 0.2) is 36.4 Å². The molecule has 1 fully saturated rings. The average Bonchev–Trinajstić information content (AvgIpc) is 2.87. The SMILES string of the molecule is COc1ccc(CN2CCCC(N(C)CC(=O)O)CC2)c2ccccc12. The predicted octanol–water partition coefficient (Wildman–Crippen LogP) is 3.22. The van der Waals surface area contributed by atoms with Crippen LogP contribution in [0, 0.1) is 0 Å². The fraction of sp³-hybridized carbons (Fsp3) is 0.476. The summed E-state index contributed by atoms with van der Waals surface area (Å²) in [6.07, 6.45) is 3.17. The molecule has 0 aromatic heterocycles. The number of likely N-dealkylation sites (tertiary alicyclic amines) is 1. The molecule has 3 rings (SSSR count). The molecule has 0 radical (unpaired) electrons. The van der Waals surface area contributed by atoms with Crippen LogP contribution in [0.25, 0.3) is 10.8 Å². The van der Waals surface area contributed by atoms with E-state index in [0.717, 1.165) is 50.0 Å². The zero-order valence-electron chi connectivity index (χ0n) is 15.6. The number of hydrogen-bond acceptors (Lipinski definition) is 4. The highest BCUT2D eigenvalue weighted by Crippen LogP contribution is 2.29. The van der Waals surface area contributed by atoms with Gasteiger partial charge in [-0.15, -0.1) is 0 Å². The van der Waals surface area contributed by atoms with E-state index in [1.807, 2.05) is 18.0 Å². The Morgan fingerprint density at radius 2 is 1.96 bits per heavy atom. The molecule has 1 aliphatic rings. The number of rotatable bonds is 6. The van der Waals surface area contributed by atoms with Crippen LogP contribution >= 0.6 is 0 Å². The number of methoxy groups -OCH3 is 1. The number of ether oxygens (including phenoxy) is 1. The summed E-state index contributed by atoms with van der Waals surface area (Å²) in [5.41, 5.74) is 1.32. The summed E-state index contributed by atoms with van der Waals surface area (Å²) in [4.78, 5) is 15.4. The molecule has 1 atom stereocenters. The van der Waals surface area contributed by atoms with Gasteiger partial charge < -0.3 is 9.84 Å². The van der Waals surface area contributed by atoms with E-state index in [2.05, 4.69) is 35.2 Å². The number of likely N-dealkylation sites (N-methyl/N-ethyl adjacent to an activating group) is 1. The minimum Gasteiger partial charge on any atom is -0.496 e. The molecule has 5 nitrogen and oxygen atoms in total. The lowest BCUT2D eigenvalue weighted by atomic mass is 10.0. The summed E-state index contributed by atoms with van der Waals surface area (Å²) >= 11 is 0. The largest absolute Gasteiger partial charge is 0.496 e. The van der Waals surface area contributed by atoms with E-state index in [-0.39, 0.29) is 6.54 Å². The van der Waals surface area contributed by atoms with Gasteiger partial charge in [0.05, 0.1) is 13.7 Å². The van der Waals surface area contributed by atoms with Crippen molar-refractivity contribution in [1.29, 1.82) is 0 Å². The molecule has 0 bridgehead atoms. The molecule has 1 aliphatic heterocycles. The Balaban J connectivity index is 1.70. The summed E-state index contributed by atoms with van der Waals surface area (Å²) in [5, 5.41) is 11.4. The molecule has 26 heavy (non-hydrogen) atoms. The monoisotopic (exact) mass is 356 g/mol. The summed E-state index contributed by atoms with van der Waals surface area (Å²) in [6.45, 7) is 3.08. The van der Waals surface area contributed by atoms with E-state index in [1.165, 1.54) is 10.9 Å². The number of nitrogens with zero attached hydrogens (tertiary/aromatic N) is 2. The minimum atomic E-state index is -0.752. The number of aliphatic carboxylic acids is 1. The molecule has 5 heteroatoms. The smallest absolute Gasteiger partial charge is 0.317 e. The van der Waals surface area contributed by atoms with E-state index < -0.39 is 5.97 Å². The van der Waals surface area contributed by atoms with Crippen molar-refractivity contribution in [1.82, 2.24) is 9.80 Å². The van der Waals surface area contributed by atoms with Crippen molar-refractivity contribution in [2.75, 3.05) is 33.8 Å². The lowest BCUT2D eigenvalue weighted by Crippen LogP contribution is -2.36. The minimum absolute atomic E-state index is 0.119. The lowest BCUT2D eigenvalue weighted by molar-refractivity contribution is -0.138. The van der Waals surface area contributed by atoms with Crippen molar-refractivity contribution in [2.45, 2.75) is 31.8 Å². The number of carbonyl (C=O) groups is 1. The van der Waals surface area contributed by atoms with Crippen molar-refractivity contribution in [3.63, 3.8) is 0 Å². The van der Waals surface area contributed by atoms with Gasteiger partial charge in [0.15, 0.2) is 0 Å². The Morgan fingerprint density at radius 1 is 1.19 bits per heavy atom. The molecule has 1 unspecified atom stereocenters. The lowest BCUT2D eigenvalue weighted by Gasteiger charge is -2.26. The molecule has 1 N–H and O–H groups in total. The van der Waals surface area contributed by atoms with Crippen molar-refractivity contribution in [3.05, 3.63) is 42.0 Å². The third kappa shape index (κ3) is 4.34.